The van der Waals surface area contributed by atoms with Gasteiger partial charge in [0.1, 0.15) is 6.04 Å². The Balaban J connectivity index is 1.66. The molecule has 0 saturated heterocycles. The van der Waals surface area contributed by atoms with Crippen molar-refractivity contribution >= 4 is 32.6 Å². The van der Waals surface area contributed by atoms with Crippen LogP contribution in [0.15, 0.2) is 102 Å². The predicted octanol–water partition coefficient (Wildman–Crippen LogP) is 5.33. The number of sulfonamides is 1. The van der Waals surface area contributed by atoms with Crippen molar-refractivity contribution < 1.29 is 18.0 Å². The molecule has 220 valence electrons. The van der Waals surface area contributed by atoms with Gasteiger partial charge >= 0.3 is 0 Å². The highest BCUT2D eigenvalue weighted by molar-refractivity contribution is 7.89. The number of rotatable bonds is 13. The van der Waals surface area contributed by atoms with E-state index >= 15 is 0 Å². The summed E-state index contributed by atoms with van der Waals surface area (Å²) in [6.45, 7) is 4.28. The molecule has 0 fully saturated rings. The Labute approximate surface area is 249 Å². The van der Waals surface area contributed by atoms with Gasteiger partial charge in [0, 0.05) is 26.6 Å². The Bertz CT molecular complexity index is 1620. The highest BCUT2D eigenvalue weighted by atomic mass is 32.2. The van der Waals surface area contributed by atoms with E-state index in [0.29, 0.717) is 13.0 Å². The predicted molar refractivity (Wildman–Crippen MR) is 167 cm³/mol. The lowest BCUT2D eigenvalue weighted by Gasteiger charge is -2.33. The van der Waals surface area contributed by atoms with Crippen molar-refractivity contribution in [3.8, 4) is 0 Å². The first kappa shape index (κ1) is 30.9. The summed E-state index contributed by atoms with van der Waals surface area (Å²) in [5.41, 5.74) is 2.79. The van der Waals surface area contributed by atoms with Crippen molar-refractivity contribution in [1.29, 1.82) is 0 Å². The number of carbonyl (C=O) groups is 2. The fourth-order valence-electron chi connectivity index (χ4n) is 4.91. The molecule has 1 unspecified atom stereocenters. The van der Waals surface area contributed by atoms with Gasteiger partial charge in [0.25, 0.3) is 0 Å². The molecule has 1 N–H and O–H groups in total. The molecule has 42 heavy (non-hydrogen) atoms. The van der Waals surface area contributed by atoms with E-state index in [1.807, 2.05) is 92.7 Å². The molecule has 0 aliphatic carbocycles. The number of hydrogen-bond donors (Lipinski definition) is 1. The van der Waals surface area contributed by atoms with Crippen molar-refractivity contribution in [3.63, 3.8) is 0 Å². The van der Waals surface area contributed by atoms with Crippen molar-refractivity contribution in [2.24, 2.45) is 0 Å². The van der Waals surface area contributed by atoms with Gasteiger partial charge in [-0.05, 0) is 52.9 Å². The standard InChI is InChI=1S/C34H39N3O4S/c1-4-5-21-35-34(39)32(22-27-14-7-6-8-15-27)37(24-30-18-10-9-13-26(30)2)33(38)25-36(3)42(40,41)31-20-19-28-16-11-12-17-29(28)23-31/h6-20,23,32H,4-5,21-22,24-25H2,1-3H3,(H,35,39). The second kappa shape index (κ2) is 14.2. The van der Waals surface area contributed by atoms with E-state index in [4.69, 9.17) is 0 Å². The quantitative estimate of drug-likeness (QED) is 0.215. The number of aryl methyl sites for hydroxylation is 1. The van der Waals surface area contributed by atoms with E-state index in [1.54, 1.807) is 18.2 Å². The molecule has 1 atom stereocenters. The van der Waals surface area contributed by atoms with Crippen LogP contribution in [0.5, 0.6) is 0 Å². The van der Waals surface area contributed by atoms with Crippen LogP contribution in [0.2, 0.25) is 0 Å². The average Bonchev–Trinajstić information content (AvgIpc) is 3.00. The molecule has 0 aromatic heterocycles. The number of nitrogens with zero attached hydrogens (tertiary/aromatic N) is 2. The minimum atomic E-state index is -3.98. The molecule has 0 aliphatic rings. The molecular weight excluding hydrogens is 546 g/mol. The lowest BCUT2D eigenvalue weighted by Crippen LogP contribution is -2.53. The van der Waals surface area contributed by atoms with Gasteiger partial charge in [0.15, 0.2) is 0 Å². The van der Waals surface area contributed by atoms with Crippen LogP contribution in [0.25, 0.3) is 10.8 Å². The van der Waals surface area contributed by atoms with E-state index in [1.165, 1.54) is 11.9 Å². The maximum absolute atomic E-state index is 14.1. The van der Waals surface area contributed by atoms with E-state index in [2.05, 4.69) is 5.32 Å². The summed E-state index contributed by atoms with van der Waals surface area (Å²) < 4.78 is 28.3. The zero-order chi connectivity index (χ0) is 30.1. The van der Waals surface area contributed by atoms with Gasteiger partial charge in [-0.25, -0.2) is 8.42 Å². The lowest BCUT2D eigenvalue weighted by molar-refractivity contribution is -0.141. The van der Waals surface area contributed by atoms with Crippen molar-refractivity contribution in [3.05, 3.63) is 114 Å². The van der Waals surface area contributed by atoms with E-state index in [0.717, 1.165) is 44.6 Å². The summed E-state index contributed by atoms with van der Waals surface area (Å²) in [6, 6.07) is 28.9. The molecule has 4 rings (SSSR count). The number of nitrogens with one attached hydrogen (secondary N) is 1. The van der Waals surface area contributed by atoms with Gasteiger partial charge in [0.2, 0.25) is 21.8 Å². The highest BCUT2D eigenvalue weighted by Crippen LogP contribution is 2.22. The largest absolute Gasteiger partial charge is 0.354 e. The summed E-state index contributed by atoms with van der Waals surface area (Å²) in [7, 11) is -2.57. The van der Waals surface area contributed by atoms with Gasteiger partial charge in [-0.1, -0.05) is 98.3 Å². The molecule has 4 aromatic carbocycles. The zero-order valence-electron chi connectivity index (χ0n) is 24.5. The SMILES string of the molecule is CCCCNC(=O)C(Cc1ccccc1)N(Cc1ccccc1C)C(=O)CN(C)S(=O)(=O)c1ccc2ccccc2c1. The Hall–Kier alpha value is -4.01. The maximum atomic E-state index is 14.1. The molecule has 0 spiro atoms. The number of carbonyl (C=O) groups excluding carboxylic acids is 2. The smallest absolute Gasteiger partial charge is 0.243 e. The minimum Gasteiger partial charge on any atom is -0.354 e. The van der Waals surface area contributed by atoms with Crippen LogP contribution in [0.3, 0.4) is 0 Å². The Kier molecular flexibility index (Phi) is 10.5. The summed E-state index contributed by atoms with van der Waals surface area (Å²) in [4.78, 5) is 29.3. The van der Waals surface area contributed by atoms with Crippen LogP contribution in [-0.4, -0.2) is 55.6 Å². The molecular formula is C34H39N3O4S. The van der Waals surface area contributed by atoms with Gasteiger partial charge in [-0.15, -0.1) is 0 Å². The Morgan fingerprint density at radius 2 is 1.52 bits per heavy atom. The molecule has 0 heterocycles. The third-order valence-corrected chi connectivity index (χ3v) is 9.29. The minimum absolute atomic E-state index is 0.111. The van der Waals surface area contributed by atoms with Crippen molar-refractivity contribution in [2.75, 3.05) is 20.1 Å². The number of fused-ring (bicyclic) bond motifs is 1. The number of amides is 2. The molecule has 4 aromatic rings. The van der Waals surface area contributed by atoms with Crippen LogP contribution in [0.4, 0.5) is 0 Å². The van der Waals surface area contributed by atoms with Gasteiger partial charge < -0.3 is 10.2 Å². The summed E-state index contributed by atoms with van der Waals surface area (Å²) in [5, 5.41) is 4.73. The normalized spacial score (nSPS) is 12.3. The first-order valence-corrected chi connectivity index (χ1v) is 15.8. The summed E-state index contributed by atoms with van der Waals surface area (Å²) in [6.07, 6.45) is 2.05. The number of likely N-dealkylation sites (N-methyl/N-ethyl adjacent to an activating group) is 1. The van der Waals surface area contributed by atoms with E-state index in [-0.39, 0.29) is 17.3 Å². The lowest BCUT2D eigenvalue weighted by atomic mass is 10.0. The molecule has 2 amide bonds. The van der Waals surface area contributed by atoms with E-state index in [9.17, 15) is 18.0 Å². The Morgan fingerprint density at radius 3 is 2.24 bits per heavy atom. The van der Waals surface area contributed by atoms with Gasteiger partial charge in [-0.2, -0.15) is 4.31 Å². The third kappa shape index (κ3) is 7.63. The van der Waals surface area contributed by atoms with Crippen LogP contribution in [0, 0.1) is 6.92 Å². The molecule has 7 nitrogen and oxygen atoms in total. The fourth-order valence-corrected chi connectivity index (χ4v) is 6.06. The number of unbranched alkanes of at least 4 members (excludes halogenated alkanes) is 1. The van der Waals surface area contributed by atoms with Gasteiger partial charge in [0.05, 0.1) is 11.4 Å². The van der Waals surface area contributed by atoms with Crippen LogP contribution in [-0.2, 0) is 32.6 Å². The highest BCUT2D eigenvalue weighted by Gasteiger charge is 2.33. The average molecular weight is 586 g/mol. The summed E-state index contributed by atoms with van der Waals surface area (Å²) >= 11 is 0. The molecule has 8 heteroatoms. The molecule has 0 saturated carbocycles. The monoisotopic (exact) mass is 585 g/mol. The first-order chi connectivity index (χ1) is 20.2. The van der Waals surface area contributed by atoms with Crippen LogP contribution < -0.4 is 5.32 Å². The molecule has 0 bridgehead atoms. The second-order valence-corrected chi connectivity index (χ2v) is 12.6. The first-order valence-electron chi connectivity index (χ1n) is 14.3. The van der Waals surface area contributed by atoms with Crippen molar-refractivity contribution in [2.45, 2.75) is 50.6 Å². The zero-order valence-corrected chi connectivity index (χ0v) is 25.3. The Morgan fingerprint density at radius 1 is 0.857 bits per heavy atom. The van der Waals surface area contributed by atoms with E-state index < -0.39 is 28.5 Å². The molecule has 0 radical (unpaired) electrons. The number of hydrogen-bond acceptors (Lipinski definition) is 4. The van der Waals surface area contributed by atoms with Crippen molar-refractivity contribution in [1.82, 2.24) is 14.5 Å². The summed E-state index contributed by atoms with van der Waals surface area (Å²) in [5.74, 6) is -0.703. The topological polar surface area (TPSA) is 86.8 Å². The fraction of sp³-hybridized carbons (Fsp3) is 0.294. The maximum Gasteiger partial charge on any atom is 0.243 e. The second-order valence-electron chi connectivity index (χ2n) is 10.6. The van der Waals surface area contributed by atoms with Crippen LogP contribution >= 0.6 is 0 Å². The molecule has 0 aliphatic heterocycles. The van der Waals surface area contributed by atoms with Gasteiger partial charge in [-0.3, -0.25) is 9.59 Å². The van der Waals surface area contributed by atoms with Crippen LogP contribution in [0.1, 0.15) is 36.5 Å². The third-order valence-electron chi connectivity index (χ3n) is 7.49. The number of benzene rings is 4.